The predicted molar refractivity (Wildman–Crippen MR) is 144 cm³/mol. The van der Waals surface area contributed by atoms with Gasteiger partial charge in [-0.05, 0) is 79.6 Å². The van der Waals surface area contributed by atoms with Crippen molar-refractivity contribution in [1.82, 2.24) is 15.3 Å². The van der Waals surface area contributed by atoms with Gasteiger partial charge in [-0.2, -0.15) is 0 Å². The maximum Gasteiger partial charge on any atom is 0.255 e. The molecular weight excluding hydrogens is 458 g/mol. The van der Waals surface area contributed by atoms with Gasteiger partial charge in [0.25, 0.3) is 5.91 Å². The molecule has 3 N–H and O–H groups in total. The van der Waals surface area contributed by atoms with Crippen LogP contribution in [0.1, 0.15) is 59.7 Å². The third-order valence-electron chi connectivity index (χ3n) is 6.41. The normalized spacial score (nSPS) is 14.1. The molecule has 0 aliphatic carbocycles. The fourth-order valence-electron chi connectivity index (χ4n) is 4.37. The summed E-state index contributed by atoms with van der Waals surface area (Å²) in [6.07, 6.45) is 8.07. The molecule has 3 heterocycles. The summed E-state index contributed by atoms with van der Waals surface area (Å²) < 4.78 is 0. The second-order valence-corrected chi connectivity index (χ2v) is 9.75. The van der Waals surface area contributed by atoms with Crippen molar-refractivity contribution in [2.75, 3.05) is 23.7 Å². The van der Waals surface area contributed by atoms with E-state index in [9.17, 15) is 4.79 Å². The van der Waals surface area contributed by atoms with Crippen LogP contribution in [-0.4, -0.2) is 29.0 Å². The molecule has 1 aromatic carbocycles. The van der Waals surface area contributed by atoms with E-state index in [1.807, 2.05) is 6.07 Å². The highest BCUT2D eigenvalue weighted by atomic mass is 35.5. The molecule has 1 amide bonds. The molecule has 182 valence electrons. The van der Waals surface area contributed by atoms with Crippen LogP contribution in [0.3, 0.4) is 0 Å². The van der Waals surface area contributed by atoms with Gasteiger partial charge in [0.15, 0.2) is 0 Å². The molecule has 2 aromatic heterocycles. The van der Waals surface area contributed by atoms with Crippen molar-refractivity contribution >= 4 is 34.7 Å². The maximum absolute atomic E-state index is 13.5. The van der Waals surface area contributed by atoms with Crippen molar-refractivity contribution in [1.29, 1.82) is 0 Å². The molecule has 1 saturated heterocycles. The van der Waals surface area contributed by atoms with Gasteiger partial charge in [0.2, 0.25) is 0 Å². The Morgan fingerprint density at radius 1 is 1.11 bits per heavy atom. The number of rotatable bonds is 8. The number of aromatic nitrogens is 2. The number of pyridine rings is 2. The van der Waals surface area contributed by atoms with Crippen molar-refractivity contribution < 1.29 is 4.79 Å². The van der Waals surface area contributed by atoms with Crippen LogP contribution in [0.4, 0.5) is 11.5 Å². The first-order chi connectivity index (χ1) is 16.9. The third-order valence-corrected chi connectivity index (χ3v) is 6.63. The van der Waals surface area contributed by atoms with Crippen molar-refractivity contribution in [3.63, 3.8) is 0 Å². The Bertz CT molecular complexity index is 1190. The Morgan fingerprint density at radius 2 is 1.91 bits per heavy atom. The molecular formula is C28H32ClN5O. The van der Waals surface area contributed by atoms with Crippen molar-refractivity contribution in [3.05, 3.63) is 88.8 Å². The minimum absolute atomic E-state index is 0.130. The molecule has 4 rings (SSSR count). The number of nitrogens with zero attached hydrogens (tertiary/aromatic N) is 2. The van der Waals surface area contributed by atoms with Gasteiger partial charge in [0, 0.05) is 35.4 Å². The summed E-state index contributed by atoms with van der Waals surface area (Å²) in [7, 11) is 0. The number of hydrogen-bond donors (Lipinski definition) is 3. The SMILES string of the molecule is C=C(Nc1ccc(Cl)cn1)c1cnccc1NC(=O)c1ccc(C(C)C)cc1CC1CCNCC1. The molecule has 0 spiro atoms. The summed E-state index contributed by atoms with van der Waals surface area (Å²) >= 11 is 5.93. The Morgan fingerprint density at radius 3 is 2.63 bits per heavy atom. The van der Waals surface area contributed by atoms with Gasteiger partial charge in [-0.1, -0.05) is 44.2 Å². The van der Waals surface area contributed by atoms with Crippen LogP contribution in [0.2, 0.25) is 5.02 Å². The second kappa shape index (κ2) is 11.5. The minimum atomic E-state index is -0.130. The van der Waals surface area contributed by atoms with E-state index in [1.54, 1.807) is 36.8 Å². The fraction of sp³-hybridized carbons (Fsp3) is 0.321. The molecule has 1 aliphatic heterocycles. The zero-order valence-corrected chi connectivity index (χ0v) is 21.0. The quantitative estimate of drug-likeness (QED) is 0.354. The van der Waals surface area contributed by atoms with Gasteiger partial charge >= 0.3 is 0 Å². The lowest BCUT2D eigenvalue weighted by atomic mass is 9.87. The van der Waals surface area contributed by atoms with Crippen LogP contribution in [-0.2, 0) is 6.42 Å². The van der Waals surface area contributed by atoms with Gasteiger partial charge in [0.1, 0.15) is 5.82 Å². The molecule has 0 saturated carbocycles. The van der Waals surface area contributed by atoms with E-state index >= 15 is 0 Å². The van der Waals surface area contributed by atoms with E-state index in [-0.39, 0.29) is 5.91 Å². The number of piperidine rings is 1. The van der Waals surface area contributed by atoms with E-state index in [1.165, 1.54) is 5.56 Å². The third kappa shape index (κ3) is 6.47. The van der Waals surface area contributed by atoms with E-state index in [2.05, 4.69) is 58.5 Å². The largest absolute Gasteiger partial charge is 0.340 e. The highest BCUT2D eigenvalue weighted by Gasteiger charge is 2.20. The summed E-state index contributed by atoms with van der Waals surface area (Å²) in [6, 6.07) is 11.5. The first-order valence-electron chi connectivity index (χ1n) is 12.1. The molecule has 0 radical (unpaired) electrons. The van der Waals surface area contributed by atoms with Crippen LogP contribution < -0.4 is 16.0 Å². The van der Waals surface area contributed by atoms with Crippen molar-refractivity contribution in [3.8, 4) is 0 Å². The molecule has 35 heavy (non-hydrogen) atoms. The number of halogens is 1. The lowest BCUT2D eigenvalue weighted by Gasteiger charge is -2.24. The standard InChI is InChI=1S/C28H32ClN5O/c1-18(2)21-4-6-24(22(15-21)14-20-8-11-30-12-9-20)28(35)34-26-10-13-31-17-25(26)19(3)33-27-7-5-23(29)16-32-27/h4-7,10,13,15-18,20,30H,3,8-9,11-12,14H2,1-2H3,(H,32,33)(H,31,34,35). The Labute approximate surface area is 212 Å². The second-order valence-electron chi connectivity index (χ2n) is 9.31. The molecule has 1 aliphatic rings. The van der Waals surface area contributed by atoms with Crippen molar-refractivity contribution in [2.45, 2.75) is 39.0 Å². The number of nitrogens with one attached hydrogen (secondary N) is 3. The number of carbonyl (C=O) groups excluding carboxylic acids is 1. The number of carbonyl (C=O) groups is 1. The first kappa shape index (κ1) is 24.9. The topological polar surface area (TPSA) is 78.9 Å². The van der Waals surface area contributed by atoms with Crippen LogP contribution in [0.15, 0.2) is 61.6 Å². The van der Waals surface area contributed by atoms with E-state index in [4.69, 9.17) is 11.6 Å². The zero-order valence-electron chi connectivity index (χ0n) is 20.3. The molecule has 6 nitrogen and oxygen atoms in total. The zero-order chi connectivity index (χ0) is 24.8. The van der Waals surface area contributed by atoms with Gasteiger partial charge in [-0.25, -0.2) is 4.98 Å². The molecule has 0 unspecified atom stereocenters. The molecule has 3 aromatic rings. The van der Waals surface area contributed by atoms with E-state index in [0.29, 0.717) is 45.2 Å². The highest BCUT2D eigenvalue weighted by Crippen LogP contribution is 2.27. The molecule has 0 atom stereocenters. The Kier molecular flexibility index (Phi) is 8.16. The van der Waals surface area contributed by atoms with Crippen LogP contribution in [0.5, 0.6) is 0 Å². The summed E-state index contributed by atoms with van der Waals surface area (Å²) in [4.78, 5) is 22.0. The number of anilines is 2. The Hall–Kier alpha value is -3.22. The van der Waals surface area contributed by atoms with E-state index in [0.717, 1.165) is 37.9 Å². The van der Waals surface area contributed by atoms with Gasteiger partial charge in [0.05, 0.1) is 10.7 Å². The Balaban J connectivity index is 1.56. The monoisotopic (exact) mass is 489 g/mol. The lowest BCUT2D eigenvalue weighted by molar-refractivity contribution is 0.102. The smallest absolute Gasteiger partial charge is 0.255 e. The summed E-state index contributed by atoms with van der Waals surface area (Å²) in [5, 5.41) is 10.2. The highest BCUT2D eigenvalue weighted by molar-refractivity contribution is 6.30. The lowest BCUT2D eigenvalue weighted by Crippen LogP contribution is -2.29. The first-order valence-corrected chi connectivity index (χ1v) is 12.4. The number of amides is 1. The average molecular weight is 490 g/mol. The van der Waals surface area contributed by atoms with Gasteiger partial charge in [-0.15, -0.1) is 0 Å². The van der Waals surface area contributed by atoms with Crippen LogP contribution in [0, 0.1) is 5.92 Å². The summed E-state index contributed by atoms with van der Waals surface area (Å²) in [5.74, 6) is 1.46. The van der Waals surface area contributed by atoms with Gasteiger partial charge < -0.3 is 16.0 Å². The number of hydrogen-bond acceptors (Lipinski definition) is 5. The minimum Gasteiger partial charge on any atom is -0.340 e. The molecule has 7 heteroatoms. The molecule has 1 fully saturated rings. The predicted octanol–water partition coefficient (Wildman–Crippen LogP) is 6.13. The average Bonchev–Trinajstić information content (AvgIpc) is 2.86. The van der Waals surface area contributed by atoms with Crippen molar-refractivity contribution in [2.24, 2.45) is 5.92 Å². The van der Waals surface area contributed by atoms with Gasteiger partial charge in [-0.3, -0.25) is 9.78 Å². The van der Waals surface area contributed by atoms with Crippen LogP contribution >= 0.6 is 11.6 Å². The summed E-state index contributed by atoms with van der Waals surface area (Å²) in [5.41, 5.74) is 4.98. The summed E-state index contributed by atoms with van der Waals surface area (Å²) in [6.45, 7) is 10.6. The van der Waals surface area contributed by atoms with Crippen LogP contribution in [0.25, 0.3) is 5.70 Å². The molecule has 0 bridgehead atoms. The number of benzene rings is 1. The van der Waals surface area contributed by atoms with E-state index < -0.39 is 0 Å². The maximum atomic E-state index is 13.5. The fourth-order valence-corrected chi connectivity index (χ4v) is 4.48.